The fourth-order valence-electron chi connectivity index (χ4n) is 5.42. The summed E-state index contributed by atoms with van der Waals surface area (Å²) in [7, 11) is 0. The molecule has 24 heteroatoms. The van der Waals surface area contributed by atoms with Gasteiger partial charge < -0.3 is 76.8 Å². The summed E-state index contributed by atoms with van der Waals surface area (Å²) in [4.78, 5) is 117. The molecule has 0 spiro atoms. The van der Waals surface area contributed by atoms with Crippen LogP contribution in [0.4, 0.5) is 0 Å². The van der Waals surface area contributed by atoms with Gasteiger partial charge in [0, 0.05) is 0 Å². The van der Waals surface area contributed by atoms with E-state index < -0.39 is 161 Å². The van der Waals surface area contributed by atoms with Gasteiger partial charge in [-0.15, -0.1) is 0 Å². The molecule has 24 nitrogen and oxygen atoms in total. The Labute approximate surface area is 349 Å². The van der Waals surface area contributed by atoms with E-state index in [1.54, 1.807) is 0 Å². The summed E-state index contributed by atoms with van der Waals surface area (Å²) in [6.45, 7) is -1.37. The van der Waals surface area contributed by atoms with Gasteiger partial charge in [0.1, 0.15) is 18.8 Å². The van der Waals surface area contributed by atoms with Crippen LogP contribution in [-0.2, 0) is 43.0 Å². The standard InChI is InChI=1S/C38H40N6O18/c1-16-28(43-26(49)13-40-34(55)19-7-4-10-23(46)31(19)52)37(58)60-15-21(42-25(48)12-39-33(54)18-6-3-9-22(45)30(18)51)36(57)61-17(2)29(38(59)62-16)44-27(50)14-41-35(56)20-8-5-11-24(47)32(20)53/h3-11,16-17,21,28-29,45-47,51-53H,12-15H2,1-2H3,(H,39,54)(H,40,55)(H,41,56)(H,42,48)(H,43,49)(H,44,50)/t16-,17-,21+,28+,29?/m0/s1. The highest BCUT2D eigenvalue weighted by Gasteiger charge is 2.39. The maximum atomic E-state index is 13.6. The van der Waals surface area contributed by atoms with E-state index >= 15 is 0 Å². The predicted molar refractivity (Wildman–Crippen MR) is 204 cm³/mol. The first-order chi connectivity index (χ1) is 29.3. The average molecular weight is 869 g/mol. The third kappa shape index (κ3) is 11.9. The molecule has 0 bridgehead atoms. The fourth-order valence-corrected chi connectivity index (χ4v) is 5.42. The Bertz CT molecular complexity index is 2260. The second-order valence-corrected chi connectivity index (χ2v) is 13.2. The predicted octanol–water partition coefficient (Wildman–Crippen LogP) is -2.62. The molecule has 5 atom stereocenters. The van der Waals surface area contributed by atoms with Crippen LogP contribution in [0.15, 0.2) is 54.6 Å². The van der Waals surface area contributed by atoms with Crippen LogP contribution in [-0.4, -0.2) is 141 Å². The van der Waals surface area contributed by atoms with E-state index in [9.17, 15) is 73.8 Å². The van der Waals surface area contributed by atoms with Gasteiger partial charge >= 0.3 is 17.9 Å². The summed E-state index contributed by atoms with van der Waals surface area (Å²) in [5.74, 6) is -14.8. The van der Waals surface area contributed by atoms with Crippen LogP contribution in [0.1, 0.15) is 44.9 Å². The largest absolute Gasteiger partial charge is 0.504 e. The van der Waals surface area contributed by atoms with Gasteiger partial charge in [-0.05, 0) is 50.2 Å². The van der Waals surface area contributed by atoms with Crippen molar-refractivity contribution in [1.82, 2.24) is 31.9 Å². The lowest BCUT2D eigenvalue weighted by Crippen LogP contribution is -2.58. The van der Waals surface area contributed by atoms with Crippen LogP contribution in [0.3, 0.4) is 0 Å². The zero-order chi connectivity index (χ0) is 45.8. The Morgan fingerprint density at radius 3 is 1.24 bits per heavy atom. The monoisotopic (exact) mass is 868 g/mol. The summed E-state index contributed by atoms with van der Waals surface area (Å²) in [6.07, 6.45) is -3.31. The van der Waals surface area contributed by atoms with Crippen LogP contribution in [0, 0.1) is 0 Å². The molecule has 1 unspecified atom stereocenters. The van der Waals surface area contributed by atoms with E-state index in [-0.39, 0.29) is 0 Å². The van der Waals surface area contributed by atoms with Gasteiger partial charge in [0.15, 0.2) is 52.6 Å². The number of esters is 3. The van der Waals surface area contributed by atoms with E-state index in [0.717, 1.165) is 50.2 Å². The van der Waals surface area contributed by atoms with Crippen LogP contribution in [0.25, 0.3) is 0 Å². The van der Waals surface area contributed by atoms with Crippen molar-refractivity contribution in [1.29, 1.82) is 0 Å². The Hall–Kier alpha value is -8.31. The van der Waals surface area contributed by atoms with Gasteiger partial charge in [-0.2, -0.15) is 0 Å². The SMILES string of the molecule is C[C@@H]1OC(=O)[C@H](NC(=O)CNC(=O)c2cccc(O)c2O)COC(=O)[C@H](NC(=O)CNC(=O)c2cccc(O)c2O)[C@H](C)OC(=O)C1NC(=O)CNC(=O)c1cccc(O)c1O. The second-order valence-electron chi connectivity index (χ2n) is 13.2. The van der Waals surface area contributed by atoms with E-state index in [4.69, 9.17) is 14.2 Å². The molecule has 3 aromatic rings. The van der Waals surface area contributed by atoms with Crippen molar-refractivity contribution in [3.8, 4) is 34.5 Å². The van der Waals surface area contributed by atoms with Gasteiger partial charge in [0.25, 0.3) is 17.7 Å². The number of cyclic esters (lactones) is 3. The lowest BCUT2D eigenvalue weighted by Gasteiger charge is -2.30. The first-order valence-corrected chi connectivity index (χ1v) is 18.1. The Balaban J connectivity index is 1.54. The molecule has 4 rings (SSSR count). The number of hydrogen-bond donors (Lipinski definition) is 12. The zero-order valence-electron chi connectivity index (χ0n) is 32.5. The normalized spacial score (nSPS) is 19.1. The molecule has 1 saturated heterocycles. The third-order valence-electron chi connectivity index (χ3n) is 8.70. The number of carbonyl (C=O) groups is 9. The quantitative estimate of drug-likeness (QED) is 0.0504. The molecule has 1 fully saturated rings. The number of benzene rings is 3. The number of carbonyl (C=O) groups excluding carboxylic acids is 9. The molecular formula is C38H40N6O18. The highest BCUT2D eigenvalue weighted by atomic mass is 16.6. The average Bonchev–Trinajstić information content (AvgIpc) is 3.22. The maximum Gasteiger partial charge on any atom is 0.332 e. The molecule has 12 N–H and O–H groups in total. The molecule has 1 heterocycles. The van der Waals surface area contributed by atoms with Crippen molar-refractivity contribution in [2.45, 2.75) is 44.2 Å². The van der Waals surface area contributed by atoms with Gasteiger partial charge in [0.2, 0.25) is 17.7 Å². The Kier molecular flexibility index (Phi) is 15.4. The van der Waals surface area contributed by atoms with Crippen LogP contribution >= 0.6 is 0 Å². The second kappa shape index (κ2) is 20.6. The molecular weight excluding hydrogens is 828 g/mol. The molecule has 330 valence electrons. The van der Waals surface area contributed by atoms with Crippen molar-refractivity contribution in [2.24, 2.45) is 0 Å². The minimum atomic E-state index is -1.92. The van der Waals surface area contributed by atoms with Gasteiger partial charge in [-0.25, -0.2) is 14.4 Å². The van der Waals surface area contributed by atoms with Crippen LogP contribution in [0.2, 0.25) is 0 Å². The number of para-hydroxylation sites is 3. The summed E-state index contributed by atoms with van der Waals surface area (Å²) >= 11 is 0. The van der Waals surface area contributed by atoms with E-state index in [2.05, 4.69) is 31.9 Å². The molecule has 0 radical (unpaired) electrons. The fraction of sp³-hybridized carbons (Fsp3) is 0.289. The molecule has 0 aliphatic carbocycles. The number of nitrogens with one attached hydrogen (secondary N) is 6. The number of aromatic hydroxyl groups is 6. The lowest BCUT2D eigenvalue weighted by molar-refractivity contribution is -0.171. The smallest absolute Gasteiger partial charge is 0.332 e. The number of ether oxygens (including phenoxy) is 3. The van der Waals surface area contributed by atoms with Gasteiger partial charge in [0.05, 0.1) is 36.3 Å². The maximum absolute atomic E-state index is 13.6. The van der Waals surface area contributed by atoms with E-state index in [1.165, 1.54) is 18.2 Å². The molecule has 0 aromatic heterocycles. The number of phenols is 6. The first-order valence-electron chi connectivity index (χ1n) is 18.1. The Morgan fingerprint density at radius 2 is 0.855 bits per heavy atom. The summed E-state index contributed by atoms with van der Waals surface area (Å²) in [5.41, 5.74) is -1.24. The van der Waals surface area contributed by atoms with Crippen LogP contribution in [0.5, 0.6) is 34.5 Å². The van der Waals surface area contributed by atoms with Crippen molar-refractivity contribution >= 4 is 53.4 Å². The summed E-state index contributed by atoms with van der Waals surface area (Å²) in [6, 6.07) is 4.64. The third-order valence-corrected chi connectivity index (χ3v) is 8.70. The number of rotatable bonds is 12. The van der Waals surface area contributed by atoms with Crippen molar-refractivity contribution in [3.63, 3.8) is 0 Å². The van der Waals surface area contributed by atoms with Crippen molar-refractivity contribution < 1.29 is 88.0 Å². The summed E-state index contributed by atoms with van der Waals surface area (Å²) < 4.78 is 15.9. The van der Waals surface area contributed by atoms with Crippen LogP contribution < -0.4 is 31.9 Å². The van der Waals surface area contributed by atoms with Gasteiger partial charge in [-0.1, -0.05) is 18.2 Å². The lowest BCUT2D eigenvalue weighted by atomic mass is 10.1. The number of phenolic OH excluding ortho intramolecular Hbond substituents is 6. The topological polar surface area (TPSA) is 375 Å². The van der Waals surface area contributed by atoms with Gasteiger partial charge in [-0.3, -0.25) is 28.8 Å². The number of amides is 6. The molecule has 62 heavy (non-hydrogen) atoms. The highest BCUT2D eigenvalue weighted by molar-refractivity contribution is 6.01. The van der Waals surface area contributed by atoms with E-state index in [1.807, 2.05) is 0 Å². The van der Waals surface area contributed by atoms with E-state index in [0.29, 0.717) is 0 Å². The molecule has 3 aromatic carbocycles. The zero-order valence-corrected chi connectivity index (χ0v) is 32.5. The first kappa shape index (κ1) is 46.4. The highest BCUT2D eigenvalue weighted by Crippen LogP contribution is 2.29. The van der Waals surface area contributed by atoms with Crippen molar-refractivity contribution in [2.75, 3.05) is 26.2 Å². The minimum Gasteiger partial charge on any atom is -0.504 e. The Morgan fingerprint density at radius 1 is 0.516 bits per heavy atom. The number of hydrogen-bond acceptors (Lipinski definition) is 18. The molecule has 6 amide bonds. The minimum absolute atomic E-state index is 0.415. The van der Waals surface area contributed by atoms with Crippen molar-refractivity contribution in [3.05, 3.63) is 71.3 Å². The summed E-state index contributed by atoms with van der Waals surface area (Å²) in [5, 5.41) is 72.1. The molecule has 1 aliphatic heterocycles. The molecule has 1 aliphatic rings. The molecule has 0 saturated carbocycles.